The second-order valence-corrected chi connectivity index (χ2v) is 7.35. The topological polar surface area (TPSA) is 92.7 Å². The lowest BCUT2D eigenvalue weighted by Gasteiger charge is -2.10. The average Bonchev–Trinajstić information content (AvgIpc) is 2.45. The lowest BCUT2D eigenvalue weighted by Crippen LogP contribution is -2.15. The van der Waals surface area contributed by atoms with E-state index < -0.39 is 16.0 Å². The number of aromatic hydroxyl groups is 1. The molecule has 0 spiro atoms. The standard InChI is InChI=1S/C15H14BrNO5S/c1-22-15(19)13-6-5-12(8-14(13)18)17-23(20,21)9-10-3-2-4-11(16)7-10/h2-8,17-18H,9H2,1H3. The zero-order valence-corrected chi connectivity index (χ0v) is 14.5. The number of halogens is 1. The highest BCUT2D eigenvalue weighted by Crippen LogP contribution is 2.24. The summed E-state index contributed by atoms with van der Waals surface area (Å²) in [5.41, 5.74) is 0.731. The summed E-state index contributed by atoms with van der Waals surface area (Å²) in [5.74, 6) is -1.28. The lowest BCUT2D eigenvalue weighted by atomic mass is 10.2. The van der Waals surface area contributed by atoms with Crippen LogP contribution < -0.4 is 4.72 Å². The molecule has 0 saturated carbocycles. The van der Waals surface area contributed by atoms with Crippen molar-refractivity contribution in [2.45, 2.75) is 5.75 Å². The van der Waals surface area contributed by atoms with Crippen molar-refractivity contribution in [2.24, 2.45) is 0 Å². The summed E-state index contributed by atoms with van der Waals surface area (Å²) in [6.45, 7) is 0. The van der Waals surface area contributed by atoms with Crippen molar-refractivity contribution in [3.63, 3.8) is 0 Å². The molecule has 6 nitrogen and oxygen atoms in total. The SMILES string of the molecule is COC(=O)c1ccc(NS(=O)(=O)Cc2cccc(Br)c2)cc1O. The van der Waals surface area contributed by atoms with Crippen LogP contribution in [0.2, 0.25) is 0 Å². The largest absolute Gasteiger partial charge is 0.507 e. The van der Waals surface area contributed by atoms with Gasteiger partial charge in [-0.1, -0.05) is 28.1 Å². The van der Waals surface area contributed by atoms with Crippen LogP contribution in [-0.2, 0) is 20.5 Å². The number of hydrogen-bond acceptors (Lipinski definition) is 5. The van der Waals surface area contributed by atoms with E-state index >= 15 is 0 Å². The van der Waals surface area contributed by atoms with Crippen LogP contribution >= 0.6 is 15.9 Å². The fraction of sp³-hybridized carbons (Fsp3) is 0.133. The zero-order chi connectivity index (χ0) is 17.0. The van der Waals surface area contributed by atoms with Crippen molar-refractivity contribution in [1.82, 2.24) is 0 Å². The minimum absolute atomic E-state index is 0.0394. The van der Waals surface area contributed by atoms with Crippen LogP contribution in [0.4, 0.5) is 5.69 Å². The Kier molecular flexibility index (Phi) is 5.27. The third-order valence-corrected chi connectivity index (χ3v) is 4.68. The summed E-state index contributed by atoms with van der Waals surface area (Å²) < 4.78 is 32.0. The highest BCUT2D eigenvalue weighted by Gasteiger charge is 2.15. The number of ether oxygens (including phenoxy) is 1. The number of anilines is 1. The van der Waals surface area contributed by atoms with E-state index in [1.54, 1.807) is 24.3 Å². The Hall–Kier alpha value is -2.06. The third-order valence-electron chi connectivity index (χ3n) is 2.92. The van der Waals surface area contributed by atoms with E-state index in [0.29, 0.717) is 5.56 Å². The quantitative estimate of drug-likeness (QED) is 0.753. The number of esters is 1. The van der Waals surface area contributed by atoms with Gasteiger partial charge in [0, 0.05) is 10.5 Å². The van der Waals surface area contributed by atoms with Gasteiger partial charge in [-0.15, -0.1) is 0 Å². The molecule has 0 aromatic heterocycles. The number of rotatable bonds is 5. The van der Waals surface area contributed by atoms with Gasteiger partial charge in [0.15, 0.2) is 0 Å². The second-order valence-electron chi connectivity index (χ2n) is 4.71. The summed E-state index contributed by atoms with van der Waals surface area (Å²) in [7, 11) is -2.47. The van der Waals surface area contributed by atoms with E-state index in [0.717, 1.165) is 10.5 Å². The first-order valence-electron chi connectivity index (χ1n) is 6.47. The fourth-order valence-corrected chi connectivity index (χ4v) is 3.56. The lowest BCUT2D eigenvalue weighted by molar-refractivity contribution is 0.0597. The molecule has 0 heterocycles. The predicted octanol–water partition coefficient (Wildman–Crippen LogP) is 2.88. The van der Waals surface area contributed by atoms with Gasteiger partial charge < -0.3 is 9.84 Å². The molecule has 0 bridgehead atoms. The molecule has 2 rings (SSSR count). The van der Waals surface area contributed by atoms with Gasteiger partial charge in [-0.25, -0.2) is 13.2 Å². The van der Waals surface area contributed by atoms with E-state index in [1.165, 1.54) is 19.2 Å². The minimum Gasteiger partial charge on any atom is -0.507 e. The highest BCUT2D eigenvalue weighted by atomic mass is 79.9. The summed E-state index contributed by atoms with van der Waals surface area (Å²) in [6.07, 6.45) is 0. The Labute approximate surface area is 142 Å². The van der Waals surface area contributed by atoms with Crippen molar-refractivity contribution in [2.75, 3.05) is 11.8 Å². The molecule has 0 aliphatic carbocycles. The molecule has 2 aromatic carbocycles. The monoisotopic (exact) mass is 399 g/mol. The van der Waals surface area contributed by atoms with Gasteiger partial charge in [0.05, 0.1) is 18.6 Å². The summed E-state index contributed by atoms with van der Waals surface area (Å²) in [5, 5.41) is 9.77. The number of nitrogens with one attached hydrogen (secondary N) is 1. The Morgan fingerprint density at radius 2 is 2.00 bits per heavy atom. The number of carbonyl (C=O) groups is 1. The highest BCUT2D eigenvalue weighted by molar-refractivity contribution is 9.10. The smallest absolute Gasteiger partial charge is 0.341 e. The molecular formula is C15H14BrNO5S. The number of hydrogen-bond donors (Lipinski definition) is 2. The fourth-order valence-electron chi connectivity index (χ4n) is 1.94. The summed E-state index contributed by atoms with van der Waals surface area (Å²) in [6, 6.07) is 10.8. The molecule has 0 aliphatic heterocycles. The van der Waals surface area contributed by atoms with Crippen LogP contribution in [0.1, 0.15) is 15.9 Å². The molecule has 122 valence electrons. The van der Waals surface area contributed by atoms with Crippen molar-refractivity contribution < 1.29 is 23.1 Å². The van der Waals surface area contributed by atoms with Gasteiger partial charge in [-0.2, -0.15) is 0 Å². The number of benzene rings is 2. The molecule has 8 heteroatoms. The van der Waals surface area contributed by atoms with E-state index in [9.17, 15) is 18.3 Å². The molecule has 0 amide bonds. The maximum Gasteiger partial charge on any atom is 0.341 e. The van der Waals surface area contributed by atoms with Crippen molar-refractivity contribution in [3.8, 4) is 5.75 Å². The average molecular weight is 400 g/mol. The molecule has 2 aromatic rings. The van der Waals surface area contributed by atoms with Crippen LogP contribution in [0.3, 0.4) is 0 Å². The van der Waals surface area contributed by atoms with Crippen LogP contribution in [0, 0.1) is 0 Å². The Morgan fingerprint density at radius 1 is 1.26 bits per heavy atom. The van der Waals surface area contributed by atoms with Crippen LogP contribution in [0.5, 0.6) is 5.75 Å². The van der Waals surface area contributed by atoms with Gasteiger partial charge in [-0.3, -0.25) is 4.72 Å². The van der Waals surface area contributed by atoms with Crippen molar-refractivity contribution >= 4 is 37.6 Å². The molecule has 23 heavy (non-hydrogen) atoms. The number of carbonyl (C=O) groups excluding carboxylic acids is 1. The molecule has 2 N–H and O–H groups in total. The van der Waals surface area contributed by atoms with E-state index in [-0.39, 0.29) is 22.8 Å². The maximum absolute atomic E-state index is 12.2. The zero-order valence-electron chi connectivity index (χ0n) is 12.1. The van der Waals surface area contributed by atoms with E-state index in [2.05, 4.69) is 25.4 Å². The number of phenols is 1. The van der Waals surface area contributed by atoms with Gasteiger partial charge in [0.25, 0.3) is 0 Å². The van der Waals surface area contributed by atoms with Gasteiger partial charge >= 0.3 is 5.97 Å². The Balaban J connectivity index is 2.17. The van der Waals surface area contributed by atoms with Gasteiger partial charge in [0.2, 0.25) is 10.0 Å². The normalized spacial score (nSPS) is 11.0. The van der Waals surface area contributed by atoms with Crippen molar-refractivity contribution in [3.05, 3.63) is 58.1 Å². The van der Waals surface area contributed by atoms with Crippen LogP contribution in [0.15, 0.2) is 46.9 Å². The maximum atomic E-state index is 12.2. The Morgan fingerprint density at radius 3 is 2.61 bits per heavy atom. The predicted molar refractivity (Wildman–Crippen MR) is 89.8 cm³/mol. The van der Waals surface area contributed by atoms with Crippen LogP contribution in [-0.4, -0.2) is 26.6 Å². The molecule has 0 unspecified atom stereocenters. The first kappa shape index (κ1) is 17.3. The molecule has 0 saturated heterocycles. The minimum atomic E-state index is -3.66. The Bertz CT molecular complexity index is 836. The van der Waals surface area contributed by atoms with E-state index in [1.807, 2.05) is 0 Å². The summed E-state index contributed by atoms with van der Waals surface area (Å²) in [4.78, 5) is 11.4. The first-order chi connectivity index (χ1) is 10.8. The molecule has 0 radical (unpaired) electrons. The number of sulfonamides is 1. The first-order valence-corrected chi connectivity index (χ1v) is 8.91. The van der Waals surface area contributed by atoms with Crippen molar-refractivity contribution in [1.29, 1.82) is 0 Å². The number of methoxy groups -OCH3 is 1. The molecule has 0 aliphatic rings. The molecule has 0 fully saturated rings. The van der Waals surface area contributed by atoms with Gasteiger partial charge in [0.1, 0.15) is 11.3 Å². The van der Waals surface area contributed by atoms with Crippen LogP contribution in [0.25, 0.3) is 0 Å². The number of phenolic OH excluding ortho intramolecular Hbond substituents is 1. The second kappa shape index (κ2) is 7.01. The molecule has 0 atom stereocenters. The van der Waals surface area contributed by atoms with Gasteiger partial charge in [-0.05, 0) is 29.8 Å². The summed E-state index contributed by atoms with van der Waals surface area (Å²) >= 11 is 3.28. The van der Waals surface area contributed by atoms with E-state index in [4.69, 9.17) is 0 Å². The molecular weight excluding hydrogens is 386 g/mol. The third kappa shape index (κ3) is 4.70.